The number of thioether (sulfide) groups is 1. The molecule has 0 saturated heterocycles. The molecule has 0 saturated carbocycles. The van der Waals surface area contributed by atoms with Gasteiger partial charge in [-0.05, 0) is 17.4 Å². The van der Waals surface area contributed by atoms with Crippen LogP contribution in [0.25, 0.3) is 10.4 Å². The van der Waals surface area contributed by atoms with Crippen LogP contribution in [0, 0.1) is 0 Å². The van der Waals surface area contributed by atoms with E-state index in [-0.39, 0.29) is 0 Å². The van der Waals surface area contributed by atoms with Crippen molar-refractivity contribution in [3.8, 4) is 0 Å². The Kier molecular flexibility index (Phi) is 2.48. The first kappa shape index (κ1) is 6.52. The highest BCUT2D eigenvalue weighted by Crippen LogP contribution is 2.23. The van der Waals surface area contributed by atoms with E-state index in [2.05, 4.69) is 21.5 Å². The zero-order chi connectivity index (χ0) is 6.53. The molecule has 0 aliphatic carbocycles. The summed E-state index contributed by atoms with van der Waals surface area (Å²) in [5, 5.41) is 6.03. The third kappa shape index (κ3) is 2.00. The van der Waals surface area contributed by atoms with Crippen LogP contribution in [0.4, 0.5) is 0 Å². The fourth-order valence-electron chi connectivity index (χ4n) is 0.675. The summed E-state index contributed by atoms with van der Waals surface area (Å²) in [5.41, 5.74) is 7.96. The summed E-state index contributed by atoms with van der Waals surface area (Å²) in [6.07, 6.45) is 3.14. The molecule has 0 aromatic carbocycles. The molecule has 0 radical (unpaired) electrons. The lowest BCUT2D eigenvalue weighted by molar-refractivity contribution is 0.882. The molecule has 48 valence electrons. The Morgan fingerprint density at radius 2 is 2.78 bits per heavy atom. The molecule has 0 bridgehead atoms. The summed E-state index contributed by atoms with van der Waals surface area (Å²) in [7, 11) is 0. The number of nitrogens with zero attached hydrogens (tertiary/aromatic N) is 3. The first-order valence-corrected chi connectivity index (χ1v) is 3.69. The number of allylic oxidation sites excluding steroid dienone is 1. The normalized spacial score (nSPS) is 23.8. The highest BCUT2D eigenvalue weighted by molar-refractivity contribution is 8.03. The Hall–Kier alpha value is -0.600. The van der Waals surface area contributed by atoms with Gasteiger partial charge in [-0.2, -0.15) is 0 Å². The second kappa shape index (κ2) is 3.43. The number of azide groups is 1. The molecule has 0 aromatic rings. The Bertz CT molecular complexity index is 152. The largest absolute Gasteiger partial charge is 0.131 e. The Labute approximate surface area is 57.8 Å². The maximum absolute atomic E-state index is 7.96. The molecule has 4 heteroatoms. The molecule has 1 atom stereocenters. The van der Waals surface area contributed by atoms with Crippen molar-refractivity contribution >= 4 is 11.8 Å². The van der Waals surface area contributed by atoms with E-state index in [0.717, 1.165) is 6.42 Å². The van der Waals surface area contributed by atoms with Gasteiger partial charge in [-0.3, -0.25) is 0 Å². The summed E-state index contributed by atoms with van der Waals surface area (Å²) in [6, 6.07) is 0. The fourth-order valence-corrected chi connectivity index (χ4v) is 1.49. The third-order valence-corrected chi connectivity index (χ3v) is 2.19. The average molecular weight is 141 g/mol. The average Bonchev–Trinajstić information content (AvgIpc) is 2.34. The Morgan fingerprint density at radius 1 is 1.89 bits per heavy atom. The van der Waals surface area contributed by atoms with Gasteiger partial charge in [0.1, 0.15) is 0 Å². The van der Waals surface area contributed by atoms with Crippen molar-refractivity contribution in [3.63, 3.8) is 0 Å². The Balaban J connectivity index is 2.22. The quantitative estimate of drug-likeness (QED) is 0.330. The van der Waals surface area contributed by atoms with E-state index >= 15 is 0 Å². The lowest BCUT2D eigenvalue weighted by Crippen LogP contribution is -1.99. The van der Waals surface area contributed by atoms with Gasteiger partial charge in [0, 0.05) is 16.7 Å². The molecule has 1 unspecified atom stereocenters. The number of hydrogen-bond acceptors (Lipinski definition) is 2. The van der Waals surface area contributed by atoms with Gasteiger partial charge in [0.05, 0.1) is 0 Å². The van der Waals surface area contributed by atoms with Crippen molar-refractivity contribution in [2.75, 3.05) is 6.54 Å². The molecular formula is C5H7N3S. The van der Waals surface area contributed by atoms with E-state index in [9.17, 15) is 0 Å². The van der Waals surface area contributed by atoms with Gasteiger partial charge in [-0.15, -0.1) is 11.8 Å². The summed E-state index contributed by atoms with van der Waals surface area (Å²) in [5.74, 6) is 0. The molecule has 0 N–H and O–H groups in total. The van der Waals surface area contributed by atoms with Crippen molar-refractivity contribution in [1.29, 1.82) is 0 Å². The Morgan fingerprint density at radius 3 is 3.33 bits per heavy atom. The van der Waals surface area contributed by atoms with Gasteiger partial charge in [0.2, 0.25) is 0 Å². The van der Waals surface area contributed by atoms with Gasteiger partial charge in [0.15, 0.2) is 0 Å². The zero-order valence-electron chi connectivity index (χ0n) is 4.90. The van der Waals surface area contributed by atoms with Gasteiger partial charge < -0.3 is 0 Å². The van der Waals surface area contributed by atoms with E-state index in [0.29, 0.717) is 11.8 Å². The topological polar surface area (TPSA) is 48.8 Å². The SMILES string of the molecule is [N-]=[N+]=NCC1CC=CS1. The minimum atomic E-state index is 0.501. The van der Waals surface area contributed by atoms with Crippen molar-refractivity contribution in [3.05, 3.63) is 21.9 Å². The molecule has 0 aromatic heterocycles. The van der Waals surface area contributed by atoms with Crippen LogP contribution >= 0.6 is 11.8 Å². The molecule has 1 aliphatic heterocycles. The van der Waals surface area contributed by atoms with Crippen molar-refractivity contribution in [1.82, 2.24) is 0 Å². The van der Waals surface area contributed by atoms with Crippen LogP contribution < -0.4 is 0 Å². The summed E-state index contributed by atoms with van der Waals surface area (Å²) in [4.78, 5) is 2.68. The highest BCUT2D eigenvalue weighted by atomic mass is 32.2. The van der Waals surface area contributed by atoms with Crippen LogP contribution in [0.3, 0.4) is 0 Å². The molecule has 1 rings (SSSR count). The van der Waals surface area contributed by atoms with E-state index in [1.807, 2.05) is 0 Å². The standard InChI is InChI=1S/C5H7N3S/c6-8-7-4-5-2-1-3-9-5/h1,3,5H,2,4H2. The van der Waals surface area contributed by atoms with Crippen LogP contribution in [0.5, 0.6) is 0 Å². The molecule has 3 nitrogen and oxygen atoms in total. The van der Waals surface area contributed by atoms with Crippen LogP contribution in [-0.4, -0.2) is 11.8 Å². The third-order valence-electron chi connectivity index (χ3n) is 1.11. The molecular weight excluding hydrogens is 134 g/mol. The maximum Gasteiger partial charge on any atom is 0.0383 e. The summed E-state index contributed by atoms with van der Waals surface area (Å²) >= 11 is 1.74. The van der Waals surface area contributed by atoms with Crippen LogP contribution in [0.2, 0.25) is 0 Å². The first-order chi connectivity index (χ1) is 4.43. The second-order valence-corrected chi connectivity index (χ2v) is 2.99. The van der Waals surface area contributed by atoms with Crippen LogP contribution in [0.1, 0.15) is 6.42 Å². The maximum atomic E-state index is 7.96. The van der Waals surface area contributed by atoms with Gasteiger partial charge in [0.25, 0.3) is 0 Å². The second-order valence-electron chi connectivity index (χ2n) is 1.78. The molecule has 1 aliphatic rings. The molecule has 0 amide bonds. The van der Waals surface area contributed by atoms with Crippen molar-refractivity contribution in [2.45, 2.75) is 11.7 Å². The lowest BCUT2D eigenvalue weighted by Gasteiger charge is -1.99. The van der Waals surface area contributed by atoms with Gasteiger partial charge in [-0.25, -0.2) is 0 Å². The smallest absolute Gasteiger partial charge is 0.0383 e. The summed E-state index contributed by atoms with van der Waals surface area (Å²) in [6.45, 7) is 0.619. The summed E-state index contributed by atoms with van der Waals surface area (Å²) < 4.78 is 0. The number of rotatable bonds is 2. The minimum Gasteiger partial charge on any atom is -0.131 e. The zero-order valence-corrected chi connectivity index (χ0v) is 5.71. The van der Waals surface area contributed by atoms with Crippen LogP contribution in [0.15, 0.2) is 16.6 Å². The molecule has 1 heterocycles. The molecule has 0 spiro atoms. The predicted octanol–water partition coefficient (Wildman–Crippen LogP) is 2.32. The van der Waals surface area contributed by atoms with Gasteiger partial charge in [-0.1, -0.05) is 11.2 Å². The molecule has 0 fully saturated rings. The lowest BCUT2D eigenvalue weighted by atomic mass is 10.3. The molecule has 9 heavy (non-hydrogen) atoms. The fraction of sp³-hybridized carbons (Fsp3) is 0.600. The van der Waals surface area contributed by atoms with Crippen molar-refractivity contribution in [2.24, 2.45) is 5.11 Å². The number of hydrogen-bond donors (Lipinski definition) is 0. The monoisotopic (exact) mass is 141 g/mol. The van der Waals surface area contributed by atoms with E-state index in [1.54, 1.807) is 11.8 Å². The van der Waals surface area contributed by atoms with Crippen molar-refractivity contribution < 1.29 is 0 Å². The predicted molar refractivity (Wildman–Crippen MR) is 39.1 cm³/mol. The van der Waals surface area contributed by atoms with Crippen LogP contribution in [-0.2, 0) is 0 Å². The van der Waals surface area contributed by atoms with E-state index in [1.165, 1.54) is 0 Å². The minimum absolute atomic E-state index is 0.501. The van der Waals surface area contributed by atoms with Gasteiger partial charge >= 0.3 is 0 Å². The van der Waals surface area contributed by atoms with E-state index in [4.69, 9.17) is 5.53 Å². The highest BCUT2D eigenvalue weighted by Gasteiger charge is 2.07. The first-order valence-electron chi connectivity index (χ1n) is 2.75. The van der Waals surface area contributed by atoms with E-state index < -0.39 is 0 Å².